The second kappa shape index (κ2) is 7.36. The van der Waals surface area contributed by atoms with Crippen LogP contribution in [-0.2, 0) is 6.18 Å². The average molecular weight is 410 g/mol. The molecule has 1 aromatic carbocycles. The van der Waals surface area contributed by atoms with Gasteiger partial charge in [0.2, 0.25) is 5.43 Å². The second-order valence-electron chi connectivity index (χ2n) is 6.48. The number of carbonyl (C=O) groups is 1. The summed E-state index contributed by atoms with van der Waals surface area (Å²) in [5.41, 5.74) is 3.69. The molecule has 2 heterocycles. The number of nitrogens with zero attached hydrogens (tertiary/aromatic N) is 2. The van der Waals surface area contributed by atoms with E-state index in [0.29, 0.717) is 5.13 Å². The van der Waals surface area contributed by atoms with Gasteiger partial charge in [0, 0.05) is 23.2 Å². The number of hydrogen-bond acceptors (Lipinski definition) is 5. The molecule has 2 aromatic heterocycles. The van der Waals surface area contributed by atoms with Gasteiger partial charge < -0.3 is 10.7 Å². The summed E-state index contributed by atoms with van der Waals surface area (Å²) < 4.78 is 39.6. The van der Waals surface area contributed by atoms with Crippen LogP contribution in [0.15, 0.2) is 40.8 Å². The number of alkyl halides is 3. The molecule has 0 radical (unpaired) electrons. The van der Waals surface area contributed by atoms with Gasteiger partial charge >= 0.3 is 6.18 Å². The average Bonchev–Trinajstić information content (AvgIpc) is 3.15. The van der Waals surface area contributed by atoms with E-state index in [-0.39, 0.29) is 22.4 Å². The minimum absolute atomic E-state index is 0.149. The molecule has 1 unspecified atom stereocenters. The van der Waals surface area contributed by atoms with E-state index in [1.165, 1.54) is 28.5 Å². The van der Waals surface area contributed by atoms with Crippen LogP contribution in [0.3, 0.4) is 0 Å². The predicted molar refractivity (Wildman–Crippen MR) is 101 cm³/mol. The number of nitrogens with two attached hydrogens (primary N) is 1. The lowest BCUT2D eigenvalue weighted by Crippen LogP contribution is -2.50. The molecule has 0 saturated heterocycles. The van der Waals surface area contributed by atoms with E-state index in [2.05, 4.69) is 9.97 Å². The maximum atomic E-state index is 13.2. The maximum Gasteiger partial charge on any atom is 0.418 e. The number of anilines is 1. The SMILES string of the molecule is CC(C)C(N)N(C(=O)c1c[nH]c2c(C(F)(F)F)cccc2c1=O)c1nccs1. The molecule has 0 fully saturated rings. The molecule has 3 aromatic rings. The Morgan fingerprint density at radius 3 is 2.61 bits per heavy atom. The molecule has 0 saturated carbocycles. The number of para-hydroxylation sites is 1. The summed E-state index contributed by atoms with van der Waals surface area (Å²) in [6.07, 6.45) is -2.92. The van der Waals surface area contributed by atoms with Gasteiger partial charge in [0.25, 0.3) is 5.91 Å². The number of rotatable bonds is 4. The monoisotopic (exact) mass is 410 g/mol. The van der Waals surface area contributed by atoms with Crippen molar-refractivity contribution in [1.29, 1.82) is 0 Å². The number of pyridine rings is 1. The zero-order valence-electron chi connectivity index (χ0n) is 14.9. The number of hydrogen-bond donors (Lipinski definition) is 2. The van der Waals surface area contributed by atoms with Crippen LogP contribution in [0.4, 0.5) is 18.3 Å². The van der Waals surface area contributed by atoms with Gasteiger partial charge in [-0.2, -0.15) is 13.2 Å². The number of halogens is 3. The molecule has 0 aliphatic rings. The minimum atomic E-state index is -4.64. The van der Waals surface area contributed by atoms with Gasteiger partial charge in [0.05, 0.1) is 17.2 Å². The fraction of sp³-hybridized carbons (Fsp3) is 0.278. The van der Waals surface area contributed by atoms with Gasteiger partial charge in [-0.1, -0.05) is 19.9 Å². The second-order valence-corrected chi connectivity index (χ2v) is 7.35. The Morgan fingerprint density at radius 2 is 2.04 bits per heavy atom. The van der Waals surface area contributed by atoms with Crippen molar-refractivity contribution in [3.63, 3.8) is 0 Å². The number of benzene rings is 1. The molecular weight excluding hydrogens is 393 g/mol. The van der Waals surface area contributed by atoms with E-state index in [0.717, 1.165) is 18.3 Å². The summed E-state index contributed by atoms with van der Waals surface area (Å²) in [7, 11) is 0. The van der Waals surface area contributed by atoms with Crippen molar-refractivity contribution in [3.05, 3.63) is 57.3 Å². The third-order valence-electron chi connectivity index (χ3n) is 4.28. The Balaban J connectivity index is 2.16. The van der Waals surface area contributed by atoms with Crippen LogP contribution < -0.4 is 16.1 Å². The highest BCUT2D eigenvalue weighted by atomic mass is 32.1. The Bertz CT molecular complexity index is 1060. The summed E-state index contributed by atoms with van der Waals surface area (Å²) >= 11 is 1.17. The van der Waals surface area contributed by atoms with Crippen molar-refractivity contribution >= 4 is 33.3 Å². The standard InChI is InChI=1S/C18H17F3N4O2S/c1-9(2)15(22)25(17-23-6-7-28-17)16(27)11-8-24-13-10(14(11)26)4-3-5-12(13)18(19,20)21/h3-9,15H,22H2,1-2H3,(H,24,26). The molecule has 3 rings (SSSR count). The number of H-pyrrole nitrogens is 1. The lowest BCUT2D eigenvalue weighted by atomic mass is 10.1. The first-order valence-corrected chi connectivity index (χ1v) is 9.21. The summed E-state index contributed by atoms with van der Waals surface area (Å²) in [6, 6.07) is 3.25. The molecule has 1 amide bonds. The largest absolute Gasteiger partial charge is 0.418 e. The van der Waals surface area contributed by atoms with E-state index >= 15 is 0 Å². The molecule has 6 nitrogen and oxygen atoms in total. The van der Waals surface area contributed by atoms with Crippen molar-refractivity contribution in [2.24, 2.45) is 11.7 Å². The van der Waals surface area contributed by atoms with Crippen LogP contribution in [-0.4, -0.2) is 22.0 Å². The third-order valence-corrected chi connectivity index (χ3v) is 5.05. The first kappa shape index (κ1) is 20.0. The van der Waals surface area contributed by atoms with Crippen LogP contribution in [0.5, 0.6) is 0 Å². The summed E-state index contributed by atoms with van der Waals surface area (Å²) in [5, 5.41) is 1.73. The Hall–Kier alpha value is -2.72. The highest BCUT2D eigenvalue weighted by Crippen LogP contribution is 2.33. The zero-order chi connectivity index (χ0) is 20.6. The van der Waals surface area contributed by atoms with E-state index in [1.807, 2.05) is 0 Å². The molecule has 0 aliphatic carbocycles. The smallest absolute Gasteiger partial charge is 0.360 e. The Kier molecular flexibility index (Phi) is 5.26. The number of nitrogens with one attached hydrogen (secondary N) is 1. The van der Waals surface area contributed by atoms with Gasteiger partial charge in [-0.15, -0.1) is 11.3 Å². The molecule has 0 aliphatic heterocycles. The van der Waals surface area contributed by atoms with Gasteiger partial charge in [-0.05, 0) is 18.1 Å². The number of fused-ring (bicyclic) bond motifs is 1. The van der Waals surface area contributed by atoms with Crippen LogP contribution in [0.2, 0.25) is 0 Å². The summed E-state index contributed by atoms with van der Waals surface area (Å²) in [6.45, 7) is 3.61. The van der Waals surface area contributed by atoms with Crippen molar-refractivity contribution < 1.29 is 18.0 Å². The fourth-order valence-electron chi connectivity index (χ4n) is 2.76. The molecular formula is C18H17F3N4O2S. The molecule has 148 valence electrons. The molecule has 3 N–H and O–H groups in total. The van der Waals surface area contributed by atoms with Crippen LogP contribution in [0.1, 0.15) is 29.8 Å². The van der Waals surface area contributed by atoms with Gasteiger partial charge in [-0.25, -0.2) is 4.98 Å². The van der Waals surface area contributed by atoms with Crippen molar-refractivity contribution in [2.45, 2.75) is 26.2 Å². The number of aromatic amines is 1. The van der Waals surface area contributed by atoms with Crippen molar-refractivity contribution in [1.82, 2.24) is 9.97 Å². The lowest BCUT2D eigenvalue weighted by molar-refractivity contribution is -0.136. The number of amides is 1. The third kappa shape index (κ3) is 3.52. The Morgan fingerprint density at radius 1 is 1.32 bits per heavy atom. The quantitative estimate of drug-likeness (QED) is 0.643. The van der Waals surface area contributed by atoms with Crippen LogP contribution >= 0.6 is 11.3 Å². The van der Waals surface area contributed by atoms with Crippen molar-refractivity contribution in [2.75, 3.05) is 4.90 Å². The molecule has 1 atom stereocenters. The first-order chi connectivity index (χ1) is 13.1. The van der Waals surface area contributed by atoms with Crippen LogP contribution in [0, 0.1) is 5.92 Å². The van der Waals surface area contributed by atoms with E-state index < -0.39 is 29.2 Å². The van der Waals surface area contributed by atoms with Crippen molar-refractivity contribution in [3.8, 4) is 0 Å². The lowest BCUT2D eigenvalue weighted by Gasteiger charge is -2.29. The topological polar surface area (TPSA) is 92.1 Å². The molecule has 0 spiro atoms. The Labute approximate surface area is 161 Å². The highest BCUT2D eigenvalue weighted by Gasteiger charge is 2.34. The maximum absolute atomic E-state index is 13.2. The summed E-state index contributed by atoms with van der Waals surface area (Å²) in [5.74, 6) is -0.874. The van der Waals surface area contributed by atoms with E-state index in [4.69, 9.17) is 5.73 Å². The van der Waals surface area contributed by atoms with Gasteiger partial charge in [0.15, 0.2) is 5.13 Å². The van der Waals surface area contributed by atoms with E-state index in [1.54, 1.807) is 19.2 Å². The molecule has 0 bridgehead atoms. The predicted octanol–water partition coefficient (Wildman–Crippen LogP) is 3.59. The highest BCUT2D eigenvalue weighted by molar-refractivity contribution is 7.13. The number of aromatic nitrogens is 2. The number of carbonyl (C=O) groups excluding carboxylic acids is 1. The van der Waals surface area contributed by atoms with Gasteiger partial charge in [-0.3, -0.25) is 14.5 Å². The normalized spacial score (nSPS) is 13.1. The van der Waals surface area contributed by atoms with Crippen LogP contribution in [0.25, 0.3) is 10.9 Å². The minimum Gasteiger partial charge on any atom is -0.360 e. The fourth-order valence-corrected chi connectivity index (χ4v) is 3.44. The van der Waals surface area contributed by atoms with E-state index in [9.17, 15) is 22.8 Å². The molecule has 10 heteroatoms. The molecule has 28 heavy (non-hydrogen) atoms. The van der Waals surface area contributed by atoms with Gasteiger partial charge in [0.1, 0.15) is 5.56 Å². The zero-order valence-corrected chi connectivity index (χ0v) is 15.8. The summed E-state index contributed by atoms with van der Waals surface area (Å²) in [4.78, 5) is 33.7. The first-order valence-electron chi connectivity index (χ1n) is 8.33. The number of thiazole rings is 1.